The van der Waals surface area contributed by atoms with Crippen molar-refractivity contribution in [3.8, 4) is 0 Å². The van der Waals surface area contributed by atoms with Gasteiger partial charge in [-0.25, -0.2) is 4.98 Å². The number of benzene rings is 1. The van der Waals surface area contributed by atoms with Crippen molar-refractivity contribution in [3.63, 3.8) is 0 Å². The minimum absolute atomic E-state index is 0.480. The van der Waals surface area contributed by atoms with Gasteiger partial charge in [-0.15, -0.1) is 0 Å². The summed E-state index contributed by atoms with van der Waals surface area (Å²) in [6.07, 6.45) is 1.85. The van der Waals surface area contributed by atoms with Gasteiger partial charge in [0.1, 0.15) is 5.15 Å². The van der Waals surface area contributed by atoms with Gasteiger partial charge in [0.05, 0.1) is 0 Å². The fourth-order valence-corrected chi connectivity index (χ4v) is 2.36. The molecule has 0 saturated carbocycles. The Morgan fingerprint density at radius 2 is 2.00 bits per heavy atom. The van der Waals surface area contributed by atoms with Gasteiger partial charge in [0.2, 0.25) is 0 Å². The van der Waals surface area contributed by atoms with Crippen molar-refractivity contribution < 1.29 is 0 Å². The summed E-state index contributed by atoms with van der Waals surface area (Å²) < 4.78 is 1.08. The third-order valence-corrected chi connectivity index (χ3v) is 3.09. The van der Waals surface area contributed by atoms with Crippen LogP contribution in [0.2, 0.25) is 5.15 Å². The lowest BCUT2D eigenvalue weighted by Gasteiger charge is -2.10. The number of rotatable bonds is 1. The van der Waals surface area contributed by atoms with E-state index < -0.39 is 0 Å². The minimum atomic E-state index is 0.480. The molecule has 15 heavy (non-hydrogen) atoms. The van der Waals surface area contributed by atoms with Crippen molar-refractivity contribution in [3.05, 3.63) is 39.6 Å². The molecule has 0 saturated heterocycles. The maximum absolute atomic E-state index is 5.88. The molecular formula is C12H11BrClN. The van der Waals surface area contributed by atoms with Gasteiger partial charge in [-0.05, 0) is 35.1 Å². The van der Waals surface area contributed by atoms with E-state index in [4.69, 9.17) is 11.6 Å². The first-order valence-corrected chi connectivity index (χ1v) is 5.99. The van der Waals surface area contributed by atoms with Crippen LogP contribution in [0, 0.1) is 0 Å². The highest BCUT2D eigenvalue weighted by molar-refractivity contribution is 9.10. The third kappa shape index (κ3) is 2.16. The van der Waals surface area contributed by atoms with E-state index in [1.807, 2.05) is 12.3 Å². The van der Waals surface area contributed by atoms with E-state index in [0.717, 1.165) is 9.86 Å². The lowest BCUT2D eigenvalue weighted by molar-refractivity contribution is 0.875. The van der Waals surface area contributed by atoms with Gasteiger partial charge in [0.15, 0.2) is 0 Å². The zero-order valence-corrected chi connectivity index (χ0v) is 10.9. The van der Waals surface area contributed by atoms with Crippen LogP contribution in [0.3, 0.4) is 0 Å². The van der Waals surface area contributed by atoms with Crippen molar-refractivity contribution in [2.75, 3.05) is 0 Å². The Morgan fingerprint density at radius 3 is 2.67 bits per heavy atom. The number of pyridine rings is 1. The van der Waals surface area contributed by atoms with Crippen molar-refractivity contribution in [1.82, 2.24) is 4.98 Å². The van der Waals surface area contributed by atoms with Crippen LogP contribution in [-0.4, -0.2) is 4.98 Å². The summed E-state index contributed by atoms with van der Waals surface area (Å²) in [6, 6.07) is 6.10. The van der Waals surface area contributed by atoms with Crippen LogP contribution in [0.15, 0.2) is 28.9 Å². The zero-order valence-electron chi connectivity index (χ0n) is 8.59. The Labute approximate surface area is 103 Å². The Hall–Kier alpha value is -0.600. The van der Waals surface area contributed by atoms with Gasteiger partial charge in [0, 0.05) is 16.1 Å². The molecule has 0 aliphatic heterocycles. The fourth-order valence-electron chi connectivity index (χ4n) is 1.70. The van der Waals surface area contributed by atoms with Crippen LogP contribution in [-0.2, 0) is 0 Å². The molecular weight excluding hydrogens is 273 g/mol. The Kier molecular flexibility index (Phi) is 2.98. The average molecular weight is 285 g/mol. The number of aromatic nitrogens is 1. The molecule has 0 spiro atoms. The summed E-state index contributed by atoms with van der Waals surface area (Å²) in [5, 5.41) is 2.85. The van der Waals surface area contributed by atoms with Gasteiger partial charge in [0.25, 0.3) is 0 Å². The predicted molar refractivity (Wildman–Crippen MR) is 68.5 cm³/mol. The summed E-state index contributed by atoms with van der Waals surface area (Å²) in [5.41, 5.74) is 1.29. The Morgan fingerprint density at radius 1 is 1.27 bits per heavy atom. The number of fused-ring (bicyclic) bond motifs is 1. The topological polar surface area (TPSA) is 12.9 Å². The van der Waals surface area contributed by atoms with Crippen molar-refractivity contribution >= 4 is 38.3 Å². The molecule has 1 heterocycles. The molecule has 0 unspecified atom stereocenters. The van der Waals surface area contributed by atoms with E-state index in [9.17, 15) is 0 Å². The molecule has 0 fully saturated rings. The van der Waals surface area contributed by atoms with Crippen molar-refractivity contribution in [2.45, 2.75) is 19.8 Å². The number of halogens is 2. The molecule has 0 radical (unpaired) electrons. The summed E-state index contributed by atoms with van der Waals surface area (Å²) in [7, 11) is 0. The molecule has 3 heteroatoms. The van der Waals surface area contributed by atoms with Gasteiger partial charge < -0.3 is 0 Å². The predicted octanol–water partition coefficient (Wildman–Crippen LogP) is 4.77. The molecule has 78 valence electrons. The quantitative estimate of drug-likeness (QED) is 0.687. The van der Waals surface area contributed by atoms with Gasteiger partial charge in [-0.1, -0.05) is 41.4 Å². The summed E-state index contributed by atoms with van der Waals surface area (Å²) >= 11 is 9.39. The highest BCUT2D eigenvalue weighted by Gasteiger charge is 2.07. The number of hydrogen-bond donors (Lipinski definition) is 0. The first-order chi connectivity index (χ1) is 7.08. The van der Waals surface area contributed by atoms with E-state index in [-0.39, 0.29) is 0 Å². The molecule has 0 bridgehead atoms. The molecule has 1 nitrogen and oxygen atoms in total. The molecule has 2 rings (SSSR count). The molecule has 0 amide bonds. The maximum Gasteiger partial charge on any atom is 0.129 e. The van der Waals surface area contributed by atoms with Crippen molar-refractivity contribution in [2.24, 2.45) is 0 Å². The summed E-state index contributed by atoms with van der Waals surface area (Å²) in [5.74, 6) is 0.480. The smallest absolute Gasteiger partial charge is 0.129 e. The first-order valence-electron chi connectivity index (χ1n) is 4.82. The Balaban J connectivity index is 2.80. The molecule has 2 aromatic rings. The highest BCUT2D eigenvalue weighted by atomic mass is 79.9. The van der Waals surface area contributed by atoms with E-state index in [1.54, 1.807) is 0 Å². The summed E-state index contributed by atoms with van der Waals surface area (Å²) in [6.45, 7) is 4.35. The molecule has 1 aromatic carbocycles. The van der Waals surface area contributed by atoms with E-state index in [2.05, 4.69) is 46.9 Å². The monoisotopic (exact) mass is 283 g/mol. The molecule has 0 atom stereocenters. The first kappa shape index (κ1) is 10.9. The van der Waals surface area contributed by atoms with E-state index in [0.29, 0.717) is 11.1 Å². The minimum Gasteiger partial charge on any atom is -0.244 e. The standard InChI is InChI=1S/C12H11BrClN/c1-7(2)10-5-9(13)3-8-4-12(14)15-6-11(8)10/h3-7H,1-2H3. The molecule has 0 aliphatic carbocycles. The summed E-state index contributed by atoms with van der Waals surface area (Å²) in [4.78, 5) is 4.13. The second-order valence-electron chi connectivity index (χ2n) is 3.88. The number of hydrogen-bond acceptors (Lipinski definition) is 1. The van der Waals surface area contributed by atoms with Crippen LogP contribution in [0.5, 0.6) is 0 Å². The maximum atomic E-state index is 5.88. The van der Waals surface area contributed by atoms with Gasteiger partial charge in [-0.3, -0.25) is 0 Å². The normalized spacial score (nSPS) is 11.3. The van der Waals surface area contributed by atoms with Crippen molar-refractivity contribution in [1.29, 1.82) is 0 Å². The van der Waals surface area contributed by atoms with E-state index >= 15 is 0 Å². The highest BCUT2D eigenvalue weighted by Crippen LogP contribution is 2.29. The molecule has 0 N–H and O–H groups in total. The lowest BCUT2D eigenvalue weighted by atomic mass is 9.98. The van der Waals surface area contributed by atoms with Crippen LogP contribution < -0.4 is 0 Å². The van der Waals surface area contributed by atoms with Crippen LogP contribution in [0.1, 0.15) is 25.3 Å². The van der Waals surface area contributed by atoms with Crippen LogP contribution in [0.25, 0.3) is 10.8 Å². The zero-order chi connectivity index (χ0) is 11.0. The second kappa shape index (κ2) is 4.11. The largest absolute Gasteiger partial charge is 0.244 e. The average Bonchev–Trinajstić information content (AvgIpc) is 2.15. The molecule has 0 aliphatic rings. The number of nitrogens with zero attached hydrogens (tertiary/aromatic N) is 1. The van der Waals surface area contributed by atoms with Crippen LogP contribution in [0.4, 0.5) is 0 Å². The van der Waals surface area contributed by atoms with Gasteiger partial charge in [-0.2, -0.15) is 0 Å². The van der Waals surface area contributed by atoms with Crippen LogP contribution >= 0.6 is 27.5 Å². The SMILES string of the molecule is CC(C)c1cc(Br)cc2cc(Cl)ncc12. The second-order valence-corrected chi connectivity index (χ2v) is 5.18. The fraction of sp³-hybridized carbons (Fsp3) is 0.250. The Bertz CT molecular complexity index is 503. The van der Waals surface area contributed by atoms with E-state index in [1.165, 1.54) is 10.9 Å². The third-order valence-electron chi connectivity index (χ3n) is 2.42. The lowest BCUT2D eigenvalue weighted by Crippen LogP contribution is -1.91. The van der Waals surface area contributed by atoms with Gasteiger partial charge >= 0.3 is 0 Å². The molecule has 1 aromatic heterocycles.